The first-order valence-corrected chi connectivity index (χ1v) is 11.7. The summed E-state index contributed by atoms with van der Waals surface area (Å²) in [5.41, 5.74) is 10.9. The van der Waals surface area contributed by atoms with Gasteiger partial charge in [0.15, 0.2) is 0 Å². The Morgan fingerprint density at radius 2 is 1.45 bits per heavy atom. The summed E-state index contributed by atoms with van der Waals surface area (Å²) in [5.74, 6) is -3.68. The van der Waals surface area contributed by atoms with Crippen LogP contribution in [0.3, 0.4) is 0 Å². The van der Waals surface area contributed by atoms with Crippen LogP contribution >= 0.6 is 24.4 Å². The highest BCUT2D eigenvalue weighted by Gasteiger charge is 2.30. The van der Waals surface area contributed by atoms with Crippen molar-refractivity contribution in [1.29, 1.82) is 0 Å². The van der Waals surface area contributed by atoms with Crippen molar-refractivity contribution < 1.29 is 29.1 Å². The zero-order valence-corrected chi connectivity index (χ0v) is 19.6. The molecule has 4 atom stereocenters. The minimum Gasteiger partial charge on any atom is -0.480 e. The minimum atomic E-state index is -1.23. The smallest absolute Gasteiger partial charge is 0.326 e. The van der Waals surface area contributed by atoms with Crippen molar-refractivity contribution in [3.63, 3.8) is 0 Å². The Morgan fingerprint density at radius 1 is 0.935 bits per heavy atom. The number of hydrogen-bond donors (Lipinski definition) is 7. The molecule has 31 heavy (non-hydrogen) atoms. The van der Waals surface area contributed by atoms with Gasteiger partial charge in [0.05, 0.1) is 6.04 Å². The minimum absolute atomic E-state index is 0.0714. The Labute approximate surface area is 191 Å². The topological polar surface area (TPSA) is 194 Å². The third kappa shape index (κ3) is 11.3. The van der Waals surface area contributed by atoms with Crippen LogP contribution in [0.1, 0.15) is 33.1 Å². The molecular weight excluding hydrogens is 446 g/mol. The molecular formula is C18H33N5O6S2. The third-order valence-corrected chi connectivity index (χ3v) is 5.38. The fourth-order valence-electron chi connectivity index (χ4n) is 2.36. The molecule has 0 fully saturated rings. The molecule has 0 bridgehead atoms. The van der Waals surface area contributed by atoms with Gasteiger partial charge in [-0.2, -0.15) is 24.4 Å². The van der Waals surface area contributed by atoms with Crippen molar-refractivity contribution in [2.75, 3.05) is 17.8 Å². The number of nitrogens with two attached hydrogens (primary N) is 2. The highest BCUT2D eigenvalue weighted by atomic mass is 32.2. The van der Waals surface area contributed by atoms with E-state index in [1.807, 2.05) is 0 Å². The normalized spacial score (nSPS) is 14.8. The number of carboxylic acids is 1. The molecule has 0 saturated heterocycles. The lowest BCUT2D eigenvalue weighted by Crippen LogP contribution is -2.58. The Bertz CT molecular complexity index is 649. The lowest BCUT2D eigenvalue weighted by atomic mass is 10.0. The standard InChI is InChI=1S/C18H33N5O6S2/c1-9(2)14(20)17(27)23-12(8-30)16(26)21-10(4-5-13(19)24)15(25)22-11(18(28)29)6-7-31-3/h9-12,14,30H,4-8,20H2,1-3H3,(H2,19,24)(H,21,26)(H,22,25)(H,23,27)(H,28,29). The van der Waals surface area contributed by atoms with Gasteiger partial charge in [0, 0.05) is 12.2 Å². The molecule has 0 radical (unpaired) electrons. The van der Waals surface area contributed by atoms with E-state index in [0.29, 0.717) is 5.75 Å². The van der Waals surface area contributed by atoms with E-state index in [1.54, 1.807) is 20.1 Å². The van der Waals surface area contributed by atoms with Crippen molar-refractivity contribution >= 4 is 54.0 Å². The molecule has 0 aromatic rings. The van der Waals surface area contributed by atoms with Gasteiger partial charge in [0.25, 0.3) is 0 Å². The highest BCUT2D eigenvalue weighted by molar-refractivity contribution is 7.98. The molecule has 0 aliphatic rings. The van der Waals surface area contributed by atoms with Gasteiger partial charge >= 0.3 is 5.97 Å². The maximum Gasteiger partial charge on any atom is 0.326 e. The maximum absolute atomic E-state index is 12.6. The monoisotopic (exact) mass is 479 g/mol. The first-order valence-electron chi connectivity index (χ1n) is 9.72. The van der Waals surface area contributed by atoms with E-state index < -0.39 is 53.8 Å². The fourth-order valence-corrected chi connectivity index (χ4v) is 3.09. The van der Waals surface area contributed by atoms with Crippen LogP contribution in [-0.4, -0.2) is 76.6 Å². The molecule has 8 N–H and O–H groups in total. The number of carboxylic acid groups (broad SMARTS) is 1. The van der Waals surface area contributed by atoms with E-state index in [4.69, 9.17) is 11.5 Å². The first-order chi connectivity index (χ1) is 14.4. The lowest BCUT2D eigenvalue weighted by Gasteiger charge is -2.25. The van der Waals surface area contributed by atoms with Gasteiger partial charge < -0.3 is 32.5 Å². The largest absolute Gasteiger partial charge is 0.480 e. The molecule has 0 heterocycles. The molecule has 0 saturated carbocycles. The summed E-state index contributed by atoms with van der Waals surface area (Å²) < 4.78 is 0. The summed E-state index contributed by atoms with van der Waals surface area (Å²) in [6.45, 7) is 3.50. The lowest BCUT2D eigenvalue weighted by molar-refractivity contribution is -0.142. The highest BCUT2D eigenvalue weighted by Crippen LogP contribution is 2.05. The van der Waals surface area contributed by atoms with E-state index in [9.17, 15) is 29.1 Å². The summed E-state index contributed by atoms with van der Waals surface area (Å²) in [6.07, 6.45) is 1.63. The van der Waals surface area contributed by atoms with Crippen molar-refractivity contribution in [3.05, 3.63) is 0 Å². The molecule has 0 aromatic heterocycles. The Balaban J connectivity index is 5.31. The van der Waals surface area contributed by atoms with Gasteiger partial charge in [-0.25, -0.2) is 4.79 Å². The zero-order valence-electron chi connectivity index (χ0n) is 17.9. The van der Waals surface area contributed by atoms with Crippen LogP contribution in [0.15, 0.2) is 0 Å². The molecule has 11 nitrogen and oxygen atoms in total. The van der Waals surface area contributed by atoms with Gasteiger partial charge in [-0.3, -0.25) is 19.2 Å². The number of hydrogen-bond acceptors (Lipinski definition) is 8. The molecule has 13 heteroatoms. The third-order valence-electron chi connectivity index (χ3n) is 4.37. The maximum atomic E-state index is 12.6. The van der Waals surface area contributed by atoms with Crippen molar-refractivity contribution in [2.45, 2.75) is 57.3 Å². The van der Waals surface area contributed by atoms with Gasteiger partial charge in [-0.15, -0.1) is 0 Å². The van der Waals surface area contributed by atoms with E-state index in [2.05, 4.69) is 28.6 Å². The summed E-state index contributed by atoms with van der Waals surface area (Å²) >= 11 is 5.48. The van der Waals surface area contributed by atoms with Crippen LogP contribution in [0.4, 0.5) is 0 Å². The van der Waals surface area contributed by atoms with Crippen LogP contribution in [0, 0.1) is 5.92 Å². The average Bonchev–Trinajstić information content (AvgIpc) is 2.70. The molecule has 0 aliphatic heterocycles. The van der Waals surface area contributed by atoms with Gasteiger partial charge in [0.1, 0.15) is 18.1 Å². The molecule has 0 aromatic carbocycles. The van der Waals surface area contributed by atoms with Crippen molar-refractivity contribution in [2.24, 2.45) is 17.4 Å². The number of aliphatic carboxylic acids is 1. The van der Waals surface area contributed by atoms with E-state index >= 15 is 0 Å². The number of carbonyl (C=O) groups excluding carboxylic acids is 4. The van der Waals surface area contributed by atoms with Crippen molar-refractivity contribution in [1.82, 2.24) is 16.0 Å². The number of thiol groups is 1. The second-order valence-corrected chi connectivity index (χ2v) is 8.61. The fraction of sp³-hybridized carbons (Fsp3) is 0.722. The number of carbonyl (C=O) groups is 5. The first kappa shape index (κ1) is 29.0. The molecule has 0 rings (SSSR count). The second kappa shape index (κ2) is 14.9. The van der Waals surface area contributed by atoms with E-state index in [1.165, 1.54) is 11.8 Å². The molecule has 4 amide bonds. The van der Waals surface area contributed by atoms with Crippen LogP contribution in [-0.2, 0) is 24.0 Å². The average molecular weight is 480 g/mol. The number of amides is 4. The number of nitrogens with one attached hydrogen (secondary N) is 3. The number of rotatable bonds is 15. The van der Waals surface area contributed by atoms with Crippen LogP contribution in [0.25, 0.3) is 0 Å². The number of thioether (sulfide) groups is 1. The predicted molar refractivity (Wildman–Crippen MR) is 122 cm³/mol. The molecule has 4 unspecified atom stereocenters. The summed E-state index contributed by atoms with van der Waals surface area (Å²) in [5, 5.41) is 16.6. The quantitative estimate of drug-likeness (QED) is 0.137. The van der Waals surface area contributed by atoms with Crippen molar-refractivity contribution in [3.8, 4) is 0 Å². The summed E-state index contributed by atoms with van der Waals surface area (Å²) in [7, 11) is 0. The van der Waals surface area contributed by atoms with E-state index in [-0.39, 0.29) is 30.9 Å². The Kier molecular flexibility index (Phi) is 14.0. The van der Waals surface area contributed by atoms with Crippen LogP contribution < -0.4 is 27.4 Å². The zero-order chi connectivity index (χ0) is 24.1. The van der Waals surface area contributed by atoms with Gasteiger partial charge in [-0.1, -0.05) is 13.8 Å². The molecule has 178 valence electrons. The van der Waals surface area contributed by atoms with Crippen LogP contribution in [0.5, 0.6) is 0 Å². The van der Waals surface area contributed by atoms with Gasteiger partial charge in [0.2, 0.25) is 23.6 Å². The van der Waals surface area contributed by atoms with E-state index in [0.717, 1.165) is 0 Å². The number of primary amides is 1. The second-order valence-electron chi connectivity index (χ2n) is 7.26. The SMILES string of the molecule is CSCCC(NC(=O)C(CCC(N)=O)NC(=O)C(CS)NC(=O)C(N)C(C)C)C(=O)O. The summed E-state index contributed by atoms with van der Waals surface area (Å²) in [6, 6.07) is -4.31. The van der Waals surface area contributed by atoms with Crippen LogP contribution in [0.2, 0.25) is 0 Å². The molecule has 0 spiro atoms. The summed E-state index contributed by atoms with van der Waals surface area (Å²) in [4.78, 5) is 60.0. The Hall–Kier alpha value is -1.99. The Morgan fingerprint density at radius 3 is 1.90 bits per heavy atom. The molecule has 0 aliphatic carbocycles. The van der Waals surface area contributed by atoms with Gasteiger partial charge in [-0.05, 0) is 30.8 Å². The predicted octanol–water partition coefficient (Wildman–Crippen LogP) is -1.54.